The number of morpholine rings is 1. The number of hydrogen-bond acceptors (Lipinski definition) is 4. The Labute approximate surface area is 169 Å². The van der Waals surface area contributed by atoms with Crippen LogP contribution in [-0.2, 0) is 20.9 Å². The minimum Gasteiger partial charge on any atom is -0.394 e. The van der Waals surface area contributed by atoms with E-state index in [1.54, 1.807) is 29.2 Å². The van der Waals surface area contributed by atoms with Crippen LogP contribution in [0.3, 0.4) is 0 Å². The van der Waals surface area contributed by atoms with E-state index in [-0.39, 0.29) is 37.4 Å². The van der Waals surface area contributed by atoms with Crippen molar-refractivity contribution < 1.29 is 23.8 Å². The van der Waals surface area contributed by atoms with Gasteiger partial charge < -0.3 is 20.1 Å². The van der Waals surface area contributed by atoms with Gasteiger partial charge in [0.2, 0.25) is 11.8 Å². The van der Waals surface area contributed by atoms with E-state index in [9.17, 15) is 19.1 Å². The molecule has 2 N–H and O–H groups in total. The number of aliphatic hydroxyl groups excluding tert-OH is 1. The lowest BCUT2D eigenvalue weighted by Crippen LogP contribution is -2.52. The van der Waals surface area contributed by atoms with E-state index in [2.05, 4.69) is 5.32 Å². The van der Waals surface area contributed by atoms with Gasteiger partial charge in [-0.1, -0.05) is 31.2 Å². The molecular weight excluding hydrogens is 375 g/mol. The summed E-state index contributed by atoms with van der Waals surface area (Å²) in [7, 11) is 0. The number of halogens is 1. The molecule has 6 nitrogen and oxygen atoms in total. The number of ether oxygens (including phenoxy) is 1. The van der Waals surface area contributed by atoms with Crippen molar-refractivity contribution in [2.75, 3.05) is 18.5 Å². The number of benzene rings is 2. The number of aliphatic hydroxyl groups is 1. The summed E-state index contributed by atoms with van der Waals surface area (Å²) in [5.41, 5.74) is 2.25. The molecule has 1 heterocycles. The van der Waals surface area contributed by atoms with Crippen LogP contribution in [-0.4, -0.2) is 41.1 Å². The quantitative estimate of drug-likeness (QED) is 0.749. The molecule has 0 saturated carbocycles. The highest BCUT2D eigenvalue weighted by Gasteiger charge is 2.37. The zero-order chi connectivity index (χ0) is 20.8. The van der Waals surface area contributed by atoms with Crippen molar-refractivity contribution in [2.45, 2.75) is 38.5 Å². The molecule has 7 heteroatoms. The molecular formula is C22H25FN2O4. The zero-order valence-corrected chi connectivity index (χ0v) is 16.3. The van der Waals surface area contributed by atoms with Crippen molar-refractivity contribution in [3.05, 3.63) is 65.5 Å². The standard InChI is InChI=1S/C22H25FN2O4/c1-2-3-20(27)24-18-10-6-16(7-11-18)22-19(13-26)25(21(28)14-29-22)12-15-4-8-17(23)9-5-15/h4-11,19,22,26H,2-3,12-14H2,1H3,(H,24,27)/t19-,22-/m1/s1. The Morgan fingerprint density at radius 1 is 1.21 bits per heavy atom. The van der Waals surface area contributed by atoms with Crippen molar-refractivity contribution in [3.8, 4) is 0 Å². The SMILES string of the molecule is CCCC(=O)Nc1ccc([C@H]2OCC(=O)N(Cc3ccc(F)cc3)[C@@H]2CO)cc1. The Morgan fingerprint density at radius 3 is 2.52 bits per heavy atom. The molecule has 2 aromatic rings. The second-order valence-corrected chi connectivity index (χ2v) is 7.05. The highest BCUT2D eigenvalue weighted by Crippen LogP contribution is 2.31. The molecule has 0 unspecified atom stereocenters. The number of nitrogens with zero attached hydrogens (tertiary/aromatic N) is 1. The van der Waals surface area contributed by atoms with Crippen LogP contribution in [0, 0.1) is 5.82 Å². The van der Waals surface area contributed by atoms with Crippen LogP contribution >= 0.6 is 0 Å². The minimum absolute atomic E-state index is 0.0431. The molecule has 154 valence electrons. The summed E-state index contributed by atoms with van der Waals surface area (Å²) in [6, 6.07) is 12.6. The first kappa shape index (κ1) is 21.0. The monoisotopic (exact) mass is 400 g/mol. The molecule has 0 spiro atoms. The predicted molar refractivity (Wildman–Crippen MR) is 106 cm³/mol. The summed E-state index contributed by atoms with van der Waals surface area (Å²) in [4.78, 5) is 25.7. The predicted octanol–water partition coefficient (Wildman–Crippen LogP) is 3.03. The highest BCUT2D eigenvalue weighted by atomic mass is 19.1. The van der Waals surface area contributed by atoms with Gasteiger partial charge in [0.15, 0.2) is 0 Å². The van der Waals surface area contributed by atoms with Gasteiger partial charge in [-0.15, -0.1) is 0 Å². The molecule has 2 aromatic carbocycles. The zero-order valence-electron chi connectivity index (χ0n) is 16.3. The smallest absolute Gasteiger partial charge is 0.249 e. The Bertz CT molecular complexity index is 839. The summed E-state index contributed by atoms with van der Waals surface area (Å²) in [5, 5.41) is 12.8. The molecule has 1 aliphatic rings. The van der Waals surface area contributed by atoms with Gasteiger partial charge in [0.1, 0.15) is 18.5 Å². The summed E-state index contributed by atoms with van der Waals surface area (Å²) < 4.78 is 18.9. The third-order valence-corrected chi connectivity index (χ3v) is 4.91. The normalized spacial score (nSPS) is 19.3. The van der Waals surface area contributed by atoms with E-state index >= 15 is 0 Å². The summed E-state index contributed by atoms with van der Waals surface area (Å²) >= 11 is 0. The van der Waals surface area contributed by atoms with Crippen LogP contribution in [0.2, 0.25) is 0 Å². The number of hydrogen-bond donors (Lipinski definition) is 2. The molecule has 2 amide bonds. The fourth-order valence-electron chi connectivity index (χ4n) is 3.41. The number of amides is 2. The van der Waals surface area contributed by atoms with Crippen molar-refractivity contribution >= 4 is 17.5 Å². The molecule has 3 rings (SSSR count). The number of anilines is 1. The number of carbonyl (C=O) groups is 2. The van der Waals surface area contributed by atoms with Gasteiger partial charge >= 0.3 is 0 Å². The van der Waals surface area contributed by atoms with Crippen LogP contribution in [0.1, 0.15) is 37.0 Å². The maximum absolute atomic E-state index is 13.2. The number of carbonyl (C=O) groups excluding carboxylic acids is 2. The Morgan fingerprint density at radius 2 is 1.90 bits per heavy atom. The van der Waals surface area contributed by atoms with Crippen molar-refractivity contribution in [1.82, 2.24) is 4.90 Å². The van der Waals surface area contributed by atoms with Crippen LogP contribution in [0.4, 0.5) is 10.1 Å². The summed E-state index contributed by atoms with van der Waals surface area (Å²) in [5.74, 6) is -0.615. The van der Waals surface area contributed by atoms with Gasteiger partial charge in [0.05, 0.1) is 12.6 Å². The van der Waals surface area contributed by atoms with Gasteiger partial charge in [-0.2, -0.15) is 0 Å². The maximum atomic E-state index is 13.2. The van der Waals surface area contributed by atoms with Crippen molar-refractivity contribution in [1.29, 1.82) is 0 Å². The molecule has 1 fully saturated rings. The molecule has 0 aromatic heterocycles. The first-order chi connectivity index (χ1) is 14.0. The number of rotatable bonds is 7. The third-order valence-electron chi connectivity index (χ3n) is 4.91. The van der Waals surface area contributed by atoms with Gasteiger partial charge in [-0.05, 0) is 41.8 Å². The fourth-order valence-corrected chi connectivity index (χ4v) is 3.41. The second kappa shape index (κ2) is 9.62. The fraction of sp³-hybridized carbons (Fsp3) is 0.364. The molecule has 2 atom stereocenters. The van der Waals surface area contributed by atoms with Crippen molar-refractivity contribution in [2.24, 2.45) is 0 Å². The highest BCUT2D eigenvalue weighted by molar-refractivity contribution is 5.90. The van der Waals surface area contributed by atoms with Gasteiger partial charge in [-0.25, -0.2) is 4.39 Å². The lowest BCUT2D eigenvalue weighted by molar-refractivity contribution is -0.162. The average molecular weight is 400 g/mol. The number of nitrogens with one attached hydrogen (secondary N) is 1. The largest absolute Gasteiger partial charge is 0.394 e. The van der Waals surface area contributed by atoms with Crippen LogP contribution in [0.25, 0.3) is 0 Å². The summed E-state index contributed by atoms with van der Waals surface area (Å²) in [6.07, 6.45) is 0.731. The lowest BCUT2D eigenvalue weighted by Gasteiger charge is -2.40. The molecule has 0 radical (unpaired) electrons. The Kier molecular flexibility index (Phi) is 6.95. The minimum atomic E-state index is -0.568. The topological polar surface area (TPSA) is 78.9 Å². The van der Waals surface area contributed by atoms with Crippen molar-refractivity contribution in [3.63, 3.8) is 0 Å². The first-order valence-electron chi connectivity index (χ1n) is 9.68. The molecule has 29 heavy (non-hydrogen) atoms. The lowest BCUT2D eigenvalue weighted by atomic mass is 9.98. The average Bonchev–Trinajstić information content (AvgIpc) is 2.72. The first-order valence-corrected chi connectivity index (χ1v) is 9.68. The maximum Gasteiger partial charge on any atom is 0.249 e. The van der Waals surface area contributed by atoms with Crippen LogP contribution in [0.15, 0.2) is 48.5 Å². The molecule has 1 saturated heterocycles. The Balaban J connectivity index is 1.75. The van der Waals surface area contributed by atoms with Crippen LogP contribution in [0.5, 0.6) is 0 Å². The van der Waals surface area contributed by atoms with Gasteiger partial charge in [-0.3, -0.25) is 9.59 Å². The van der Waals surface area contributed by atoms with E-state index in [0.717, 1.165) is 17.5 Å². The summed E-state index contributed by atoms with van der Waals surface area (Å²) in [6.45, 7) is 1.83. The van der Waals surface area contributed by atoms with E-state index in [1.165, 1.54) is 12.1 Å². The van der Waals surface area contributed by atoms with E-state index in [4.69, 9.17) is 4.74 Å². The van der Waals surface area contributed by atoms with E-state index in [0.29, 0.717) is 12.1 Å². The van der Waals surface area contributed by atoms with E-state index in [1.807, 2.05) is 19.1 Å². The van der Waals surface area contributed by atoms with E-state index < -0.39 is 12.1 Å². The third kappa shape index (κ3) is 5.19. The van der Waals surface area contributed by atoms with Gasteiger partial charge in [0.25, 0.3) is 0 Å². The van der Waals surface area contributed by atoms with Crippen LogP contribution < -0.4 is 5.32 Å². The second-order valence-electron chi connectivity index (χ2n) is 7.05. The van der Waals surface area contributed by atoms with Gasteiger partial charge in [0, 0.05) is 18.7 Å². The Hall–Kier alpha value is -2.77. The molecule has 0 aliphatic carbocycles. The molecule has 0 bridgehead atoms. The molecule has 1 aliphatic heterocycles.